The van der Waals surface area contributed by atoms with Gasteiger partial charge in [0.25, 0.3) is 0 Å². The summed E-state index contributed by atoms with van der Waals surface area (Å²) >= 11 is 0. The van der Waals surface area contributed by atoms with E-state index in [-0.39, 0.29) is 0 Å². The van der Waals surface area contributed by atoms with Crippen LogP contribution in [0, 0.1) is 11.8 Å². The van der Waals surface area contributed by atoms with Crippen LogP contribution in [-0.2, 0) is 6.54 Å². The molecule has 2 N–H and O–H groups in total. The van der Waals surface area contributed by atoms with Crippen molar-refractivity contribution < 1.29 is 0 Å². The monoisotopic (exact) mass is 292 g/mol. The van der Waals surface area contributed by atoms with Gasteiger partial charge in [-0.05, 0) is 31.2 Å². The molecule has 0 atom stereocenters. The second-order valence-corrected chi connectivity index (χ2v) is 4.54. The molecule has 1 heterocycles. The average Bonchev–Trinajstić information content (AvgIpc) is 2.58. The maximum absolute atomic E-state index is 4.49. The molecular formula is C18H20N4. The van der Waals surface area contributed by atoms with Crippen LogP contribution in [0.4, 0.5) is 0 Å². The number of aliphatic imine (C=N–C) groups is 1. The molecule has 0 amide bonds. The highest BCUT2D eigenvalue weighted by Gasteiger charge is 1.96. The fourth-order valence-electron chi connectivity index (χ4n) is 1.79. The van der Waals surface area contributed by atoms with Crippen LogP contribution in [-0.4, -0.2) is 24.0 Å². The Morgan fingerprint density at radius 2 is 1.91 bits per heavy atom. The number of nitrogens with zero attached hydrogens (tertiary/aromatic N) is 2. The molecule has 2 rings (SSSR count). The Hall–Kier alpha value is -2.80. The van der Waals surface area contributed by atoms with Gasteiger partial charge in [0.05, 0.1) is 18.8 Å². The van der Waals surface area contributed by atoms with Crippen molar-refractivity contribution in [3.8, 4) is 11.8 Å². The molecule has 4 heteroatoms. The Labute approximate surface area is 131 Å². The predicted octanol–water partition coefficient (Wildman–Crippen LogP) is 2.19. The second kappa shape index (κ2) is 9.19. The SMILES string of the molecule is CCNC(=NCc1ccccn1)NCC#Cc1ccccc1. The molecule has 0 fully saturated rings. The molecule has 112 valence electrons. The lowest BCUT2D eigenvalue weighted by molar-refractivity contribution is 0.857. The molecule has 1 aromatic heterocycles. The third kappa shape index (κ3) is 5.68. The lowest BCUT2D eigenvalue weighted by atomic mass is 10.2. The lowest BCUT2D eigenvalue weighted by Gasteiger charge is -2.08. The zero-order valence-electron chi connectivity index (χ0n) is 12.7. The van der Waals surface area contributed by atoms with Crippen LogP contribution in [0.2, 0.25) is 0 Å². The summed E-state index contributed by atoms with van der Waals surface area (Å²) in [7, 11) is 0. The molecule has 0 aliphatic heterocycles. The smallest absolute Gasteiger partial charge is 0.192 e. The molecule has 1 aromatic carbocycles. The van der Waals surface area contributed by atoms with Gasteiger partial charge in [-0.15, -0.1) is 0 Å². The van der Waals surface area contributed by atoms with Gasteiger partial charge in [0.15, 0.2) is 5.96 Å². The summed E-state index contributed by atoms with van der Waals surface area (Å²) in [5.74, 6) is 6.95. The van der Waals surface area contributed by atoms with Gasteiger partial charge >= 0.3 is 0 Å². The number of nitrogens with one attached hydrogen (secondary N) is 2. The second-order valence-electron chi connectivity index (χ2n) is 4.54. The van der Waals surface area contributed by atoms with Crippen molar-refractivity contribution in [1.29, 1.82) is 0 Å². The number of pyridine rings is 1. The van der Waals surface area contributed by atoms with Gasteiger partial charge in [0.1, 0.15) is 0 Å². The molecule has 0 aliphatic rings. The maximum atomic E-state index is 4.49. The Morgan fingerprint density at radius 3 is 2.64 bits per heavy atom. The van der Waals surface area contributed by atoms with E-state index in [1.54, 1.807) is 6.20 Å². The first-order chi connectivity index (χ1) is 10.9. The number of aromatic nitrogens is 1. The van der Waals surface area contributed by atoms with Gasteiger partial charge in [-0.2, -0.15) is 0 Å². The zero-order valence-corrected chi connectivity index (χ0v) is 12.7. The minimum Gasteiger partial charge on any atom is -0.357 e. The predicted molar refractivity (Wildman–Crippen MR) is 90.4 cm³/mol. The third-order valence-electron chi connectivity index (χ3n) is 2.82. The van der Waals surface area contributed by atoms with Crippen LogP contribution in [0.25, 0.3) is 0 Å². The molecule has 0 saturated heterocycles. The van der Waals surface area contributed by atoms with Crippen LogP contribution in [0.1, 0.15) is 18.2 Å². The van der Waals surface area contributed by atoms with Gasteiger partial charge in [-0.1, -0.05) is 36.1 Å². The van der Waals surface area contributed by atoms with Crippen molar-refractivity contribution in [2.24, 2.45) is 4.99 Å². The van der Waals surface area contributed by atoms with E-state index >= 15 is 0 Å². The first kappa shape index (κ1) is 15.6. The first-order valence-corrected chi connectivity index (χ1v) is 7.34. The van der Waals surface area contributed by atoms with Crippen molar-refractivity contribution in [2.45, 2.75) is 13.5 Å². The largest absolute Gasteiger partial charge is 0.357 e. The zero-order chi connectivity index (χ0) is 15.5. The number of hydrogen-bond donors (Lipinski definition) is 2. The molecule has 2 aromatic rings. The molecule has 0 saturated carbocycles. The number of guanidine groups is 1. The molecule has 0 aliphatic carbocycles. The van der Waals surface area contributed by atoms with Crippen LogP contribution >= 0.6 is 0 Å². The number of rotatable bonds is 4. The van der Waals surface area contributed by atoms with Crippen molar-refractivity contribution >= 4 is 5.96 Å². The number of benzene rings is 1. The van der Waals surface area contributed by atoms with Gasteiger partial charge in [-0.3, -0.25) is 4.98 Å². The van der Waals surface area contributed by atoms with E-state index in [4.69, 9.17) is 0 Å². The van der Waals surface area contributed by atoms with E-state index in [1.165, 1.54) is 0 Å². The highest BCUT2D eigenvalue weighted by atomic mass is 15.2. The summed E-state index contributed by atoms with van der Waals surface area (Å²) in [6.07, 6.45) is 1.77. The molecule has 0 spiro atoms. The standard InChI is InChI=1S/C18H20N4/c1-2-19-18(22-15-17-12-6-7-13-20-17)21-14-8-11-16-9-4-3-5-10-16/h3-7,9-10,12-13H,2,14-15H2,1H3,(H2,19,21,22). The highest BCUT2D eigenvalue weighted by molar-refractivity contribution is 5.80. The Balaban J connectivity index is 1.88. The van der Waals surface area contributed by atoms with Crippen LogP contribution in [0.15, 0.2) is 59.7 Å². The molecular weight excluding hydrogens is 272 g/mol. The fourth-order valence-corrected chi connectivity index (χ4v) is 1.79. The molecule has 0 radical (unpaired) electrons. The lowest BCUT2D eigenvalue weighted by Crippen LogP contribution is -2.37. The van der Waals surface area contributed by atoms with Gasteiger partial charge in [-0.25, -0.2) is 4.99 Å². The molecule has 4 nitrogen and oxygen atoms in total. The molecule has 0 unspecified atom stereocenters. The van der Waals surface area contributed by atoms with E-state index in [9.17, 15) is 0 Å². The van der Waals surface area contributed by atoms with Crippen LogP contribution in [0.3, 0.4) is 0 Å². The third-order valence-corrected chi connectivity index (χ3v) is 2.82. The molecule has 0 bridgehead atoms. The minimum absolute atomic E-state index is 0.544. The molecule has 22 heavy (non-hydrogen) atoms. The maximum Gasteiger partial charge on any atom is 0.192 e. The van der Waals surface area contributed by atoms with Crippen molar-refractivity contribution in [1.82, 2.24) is 15.6 Å². The average molecular weight is 292 g/mol. The Morgan fingerprint density at radius 1 is 1.09 bits per heavy atom. The van der Waals surface area contributed by atoms with Crippen LogP contribution < -0.4 is 10.6 Å². The van der Waals surface area contributed by atoms with E-state index < -0.39 is 0 Å². The van der Waals surface area contributed by atoms with Crippen LogP contribution in [0.5, 0.6) is 0 Å². The van der Waals surface area contributed by atoms with Gasteiger partial charge < -0.3 is 10.6 Å². The summed E-state index contributed by atoms with van der Waals surface area (Å²) in [6, 6.07) is 15.8. The van der Waals surface area contributed by atoms with E-state index in [2.05, 4.69) is 32.5 Å². The van der Waals surface area contributed by atoms with Gasteiger partial charge in [0.2, 0.25) is 0 Å². The Bertz CT molecular complexity index is 639. The van der Waals surface area contributed by atoms with Crippen molar-refractivity contribution in [2.75, 3.05) is 13.1 Å². The number of hydrogen-bond acceptors (Lipinski definition) is 2. The fraction of sp³-hybridized carbons (Fsp3) is 0.222. The van der Waals surface area contributed by atoms with E-state index in [0.29, 0.717) is 13.1 Å². The van der Waals surface area contributed by atoms with Crippen molar-refractivity contribution in [3.05, 3.63) is 66.0 Å². The summed E-state index contributed by atoms with van der Waals surface area (Å²) in [5, 5.41) is 6.39. The van der Waals surface area contributed by atoms with E-state index in [1.807, 2.05) is 55.5 Å². The normalized spacial score (nSPS) is 10.5. The first-order valence-electron chi connectivity index (χ1n) is 7.34. The van der Waals surface area contributed by atoms with E-state index in [0.717, 1.165) is 23.8 Å². The quantitative estimate of drug-likeness (QED) is 0.516. The summed E-state index contributed by atoms with van der Waals surface area (Å²) in [5.41, 5.74) is 1.95. The summed E-state index contributed by atoms with van der Waals surface area (Å²) in [4.78, 5) is 8.75. The van der Waals surface area contributed by atoms with Crippen molar-refractivity contribution in [3.63, 3.8) is 0 Å². The topological polar surface area (TPSA) is 49.3 Å². The Kier molecular flexibility index (Phi) is 6.51. The summed E-state index contributed by atoms with van der Waals surface area (Å²) in [6.45, 7) is 3.93. The minimum atomic E-state index is 0.544. The van der Waals surface area contributed by atoms with Gasteiger partial charge in [0, 0.05) is 18.3 Å². The summed E-state index contributed by atoms with van der Waals surface area (Å²) < 4.78 is 0. The highest BCUT2D eigenvalue weighted by Crippen LogP contribution is 1.95.